The number of benzene rings is 2. The molecule has 0 saturated heterocycles. The fraction of sp³-hybridized carbons (Fsp3) is 0.158. The number of nitrogens with zero attached hydrogens (tertiary/aromatic N) is 3. The Balaban J connectivity index is 1.65. The number of halogens is 1. The number of thiol groups is 1. The normalized spacial score (nSPS) is 16.7. The molecule has 3 aromatic rings. The van der Waals surface area contributed by atoms with E-state index >= 15 is 0 Å². The van der Waals surface area contributed by atoms with Crippen molar-refractivity contribution in [2.24, 2.45) is 4.36 Å². The maximum atomic E-state index is 13.8. The minimum atomic E-state index is -2.35. The van der Waals surface area contributed by atoms with Gasteiger partial charge >= 0.3 is 0 Å². The van der Waals surface area contributed by atoms with Gasteiger partial charge in [-0.05, 0) is 48.4 Å². The van der Waals surface area contributed by atoms with Crippen molar-refractivity contribution >= 4 is 16.4 Å². The van der Waals surface area contributed by atoms with Gasteiger partial charge in [-0.25, -0.2) is 9.07 Å². The minimum Gasteiger partial charge on any atom is -0.504 e. The Morgan fingerprint density at radius 3 is 2.63 bits per heavy atom. The number of carbonyl (C=O) groups is 1. The van der Waals surface area contributed by atoms with Gasteiger partial charge in [-0.3, -0.25) is 9.16 Å². The van der Waals surface area contributed by atoms with Crippen molar-refractivity contribution in [1.29, 1.82) is 0 Å². The summed E-state index contributed by atoms with van der Waals surface area (Å²) in [6.45, 7) is 0.709. The Morgan fingerprint density at radius 1 is 1.19 bits per heavy atom. The van der Waals surface area contributed by atoms with E-state index in [2.05, 4.69) is 9.46 Å². The molecule has 0 radical (unpaired) electrons. The maximum absolute atomic E-state index is 13.8. The van der Waals surface area contributed by atoms with E-state index in [1.165, 1.54) is 6.07 Å². The molecule has 0 fully saturated rings. The second-order valence-corrected chi connectivity index (χ2v) is 9.08. The summed E-state index contributed by atoms with van der Waals surface area (Å²) in [5, 5.41) is 13.8. The van der Waals surface area contributed by atoms with Crippen LogP contribution in [0.1, 0.15) is 16.8 Å². The number of rotatable bonds is 4. The van der Waals surface area contributed by atoms with Crippen molar-refractivity contribution in [3.05, 3.63) is 60.2 Å². The van der Waals surface area contributed by atoms with Gasteiger partial charge < -0.3 is 9.66 Å². The van der Waals surface area contributed by atoms with Gasteiger partial charge in [0.25, 0.3) is 0 Å². The van der Waals surface area contributed by atoms with Crippen LogP contribution in [0.25, 0.3) is 16.8 Å². The number of aromatic hydroxyl groups is 1. The molecule has 1 aromatic heterocycles. The average molecular weight is 387 g/mol. The number of carbonyl (C=O) groups excluding carboxylic acids is 1. The van der Waals surface area contributed by atoms with E-state index in [4.69, 9.17) is 0 Å². The van der Waals surface area contributed by atoms with Crippen LogP contribution in [0, 0.1) is 5.82 Å². The summed E-state index contributed by atoms with van der Waals surface area (Å²) in [5.41, 5.74) is 1.73. The summed E-state index contributed by atoms with van der Waals surface area (Å²) in [6, 6.07) is 10.0. The van der Waals surface area contributed by atoms with E-state index < -0.39 is 21.7 Å². The van der Waals surface area contributed by atoms with Crippen molar-refractivity contribution in [2.75, 3.05) is 12.3 Å². The van der Waals surface area contributed by atoms with E-state index in [1.807, 2.05) is 24.3 Å². The van der Waals surface area contributed by atoms with Crippen LogP contribution in [0.5, 0.6) is 5.75 Å². The van der Waals surface area contributed by atoms with Crippen LogP contribution in [0.15, 0.2) is 58.1 Å². The third-order valence-corrected chi connectivity index (χ3v) is 7.36. The Morgan fingerprint density at radius 2 is 1.96 bits per heavy atom. The van der Waals surface area contributed by atoms with Gasteiger partial charge in [0, 0.05) is 29.0 Å². The summed E-state index contributed by atoms with van der Waals surface area (Å²) in [4.78, 5) is 11.8. The van der Waals surface area contributed by atoms with Crippen LogP contribution in [-0.4, -0.2) is 38.0 Å². The molecule has 0 bridgehead atoms. The van der Waals surface area contributed by atoms with Crippen LogP contribution in [0.4, 0.5) is 4.39 Å². The van der Waals surface area contributed by atoms with Gasteiger partial charge in [-0.15, -0.1) is 0 Å². The van der Waals surface area contributed by atoms with Crippen molar-refractivity contribution in [2.45, 2.75) is 11.3 Å². The Hall–Kier alpha value is -2.84. The summed E-state index contributed by atoms with van der Waals surface area (Å²) >= 11 is 0. The lowest BCUT2D eigenvalue weighted by molar-refractivity contribution is 0.112. The first-order chi connectivity index (χ1) is 13.0. The summed E-state index contributed by atoms with van der Waals surface area (Å²) in [6.07, 6.45) is 4.59. The maximum Gasteiger partial charge on any atom is 0.166 e. The highest BCUT2D eigenvalue weighted by Crippen LogP contribution is 2.29. The van der Waals surface area contributed by atoms with Gasteiger partial charge in [0.05, 0.1) is 17.4 Å². The Bertz CT molecular complexity index is 1080. The number of hydrogen-bond acceptors (Lipinski definition) is 4. The molecule has 0 spiro atoms. The quantitative estimate of drug-likeness (QED) is 0.472. The molecule has 140 valence electrons. The zero-order valence-corrected chi connectivity index (χ0v) is 15.2. The standard InChI is InChI=1S/C19H18FN3O3S/c20-18-9-13(8-14(12-24)19(18)25)15-10-21-23(11-15)16-2-4-17(5-3-16)27(26)7-1-6-22-27/h2-5,8-12,25,27H,1,6-7H2,(H,22,26). The van der Waals surface area contributed by atoms with Crippen LogP contribution in [0.2, 0.25) is 0 Å². The van der Waals surface area contributed by atoms with Gasteiger partial charge in [0.1, 0.15) is 0 Å². The second-order valence-electron chi connectivity index (χ2n) is 6.38. The predicted octanol–water partition coefficient (Wildman–Crippen LogP) is 3.50. The van der Waals surface area contributed by atoms with Crippen LogP contribution >= 0.6 is 0 Å². The highest BCUT2D eigenvalue weighted by atomic mass is 32.3. The lowest BCUT2D eigenvalue weighted by Gasteiger charge is -2.19. The van der Waals surface area contributed by atoms with Gasteiger partial charge in [-0.1, -0.05) is 10.1 Å². The van der Waals surface area contributed by atoms with Crippen molar-refractivity contribution in [1.82, 2.24) is 9.78 Å². The van der Waals surface area contributed by atoms with E-state index in [1.54, 1.807) is 17.1 Å². The van der Waals surface area contributed by atoms with Crippen molar-refractivity contribution in [3.8, 4) is 22.6 Å². The largest absolute Gasteiger partial charge is 0.504 e. The molecule has 6 nitrogen and oxygen atoms in total. The Labute approximate surface area is 156 Å². The third kappa shape index (κ3) is 3.17. The van der Waals surface area contributed by atoms with E-state index in [9.17, 15) is 18.8 Å². The zero-order valence-electron chi connectivity index (χ0n) is 14.3. The molecule has 2 N–H and O–H groups in total. The molecular weight excluding hydrogens is 369 g/mol. The van der Waals surface area contributed by atoms with Gasteiger partial charge in [0.15, 0.2) is 17.9 Å². The zero-order chi connectivity index (χ0) is 19.0. The van der Waals surface area contributed by atoms with E-state index in [0.717, 1.165) is 28.8 Å². The summed E-state index contributed by atoms with van der Waals surface area (Å²) in [7, 11) is -2.35. The second kappa shape index (κ2) is 6.71. The molecule has 0 saturated carbocycles. The highest BCUT2D eigenvalue weighted by Gasteiger charge is 2.17. The average Bonchev–Trinajstić information content (AvgIpc) is 3.34. The molecule has 2 heterocycles. The van der Waals surface area contributed by atoms with Crippen LogP contribution < -0.4 is 0 Å². The molecule has 0 unspecified atom stereocenters. The summed E-state index contributed by atoms with van der Waals surface area (Å²) < 4.78 is 30.4. The number of phenols is 1. The number of aldehydes is 1. The van der Waals surface area contributed by atoms with E-state index in [0.29, 0.717) is 24.0 Å². The van der Waals surface area contributed by atoms with Gasteiger partial charge in [-0.2, -0.15) is 5.10 Å². The smallest absolute Gasteiger partial charge is 0.166 e. The molecule has 1 aliphatic heterocycles. The highest BCUT2D eigenvalue weighted by molar-refractivity contribution is 8.00. The first kappa shape index (κ1) is 17.6. The molecule has 8 heteroatoms. The SMILES string of the molecule is O=Cc1cc(-c2cnn(-c3ccc([SH]4(O)=NCCC4)cc3)c2)cc(F)c1O. The first-order valence-corrected chi connectivity index (χ1v) is 10.3. The number of phenolic OH excluding ortho intramolecular Hbond substituents is 1. The monoisotopic (exact) mass is 387 g/mol. The predicted molar refractivity (Wildman–Crippen MR) is 102 cm³/mol. The van der Waals surface area contributed by atoms with E-state index in [-0.39, 0.29) is 5.56 Å². The molecule has 4 rings (SSSR count). The first-order valence-electron chi connectivity index (χ1n) is 8.44. The fourth-order valence-corrected chi connectivity index (χ4v) is 5.39. The molecule has 27 heavy (non-hydrogen) atoms. The number of hydrogen-bond donors (Lipinski definition) is 3. The third-order valence-electron chi connectivity index (χ3n) is 4.63. The molecular formula is C19H18FN3O3S. The van der Waals surface area contributed by atoms with Crippen LogP contribution in [0.3, 0.4) is 0 Å². The molecule has 2 aromatic carbocycles. The molecule has 1 aliphatic rings. The van der Waals surface area contributed by atoms with Gasteiger partial charge in [0.2, 0.25) is 0 Å². The molecule has 0 amide bonds. The Kier molecular flexibility index (Phi) is 4.37. The fourth-order valence-electron chi connectivity index (χ4n) is 3.14. The topological polar surface area (TPSA) is 87.7 Å². The molecule has 0 aliphatic carbocycles. The minimum absolute atomic E-state index is 0.111. The lowest BCUT2D eigenvalue weighted by atomic mass is 10.1. The summed E-state index contributed by atoms with van der Waals surface area (Å²) in [5.74, 6) is -0.788. The molecule has 0 atom stereocenters. The van der Waals surface area contributed by atoms with Crippen LogP contribution in [-0.2, 0) is 10.1 Å². The van der Waals surface area contributed by atoms with Crippen molar-refractivity contribution < 1.29 is 18.8 Å². The lowest BCUT2D eigenvalue weighted by Crippen LogP contribution is -2.11. The number of aromatic nitrogens is 2. The van der Waals surface area contributed by atoms with Crippen molar-refractivity contribution in [3.63, 3.8) is 0 Å².